The fourth-order valence-electron chi connectivity index (χ4n) is 0.895. The fourth-order valence-corrected chi connectivity index (χ4v) is 0.895. The first-order chi connectivity index (χ1) is 6.11. The van der Waals surface area contributed by atoms with Crippen LogP contribution in [0.25, 0.3) is 0 Å². The van der Waals surface area contributed by atoms with E-state index in [0.29, 0.717) is 0 Å². The predicted molar refractivity (Wildman–Crippen MR) is 46.8 cm³/mol. The highest BCUT2D eigenvalue weighted by Gasteiger charge is 2.11. The number of carbonyl (C=O) groups is 1. The Morgan fingerprint density at radius 3 is 2.85 bits per heavy atom. The highest BCUT2D eigenvalue weighted by molar-refractivity contribution is 5.94. The maximum absolute atomic E-state index is 12.9. The minimum Gasteiger partial charge on any atom is -0.350 e. The molecule has 0 atom stereocenters. The van der Waals surface area contributed by atoms with Crippen molar-refractivity contribution >= 4 is 5.91 Å². The molecule has 3 nitrogen and oxygen atoms in total. The van der Waals surface area contributed by atoms with Crippen LogP contribution in [-0.4, -0.2) is 16.9 Å². The smallest absolute Gasteiger partial charge is 0.256 e. The zero-order chi connectivity index (χ0) is 9.84. The minimum absolute atomic E-state index is 0.00731. The molecule has 0 aliphatic heterocycles. The van der Waals surface area contributed by atoms with Gasteiger partial charge in [-0.25, -0.2) is 4.98 Å². The molecule has 1 heterocycles. The lowest BCUT2D eigenvalue weighted by atomic mass is 10.2. The van der Waals surface area contributed by atoms with E-state index in [2.05, 4.69) is 10.3 Å². The van der Waals surface area contributed by atoms with E-state index in [1.807, 2.05) is 13.8 Å². The second-order valence-electron chi connectivity index (χ2n) is 2.97. The number of rotatable bonds is 2. The number of hydrogen-bond donors (Lipinski definition) is 1. The van der Waals surface area contributed by atoms with E-state index in [9.17, 15) is 9.18 Å². The molecule has 0 fully saturated rings. The summed E-state index contributed by atoms with van der Waals surface area (Å²) in [4.78, 5) is 14.7. The molecule has 70 valence electrons. The molecule has 0 saturated carbocycles. The fraction of sp³-hybridized carbons (Fsp3) is 0.333. The van der Waals surface area contributed by atoms with Crippen LogP contribution in [0.15, 0.2) is 18.3 Å². The van der Waals surface area contributed by atoms with Gasteiger partial charge in [0.2, 0.25) is 5.95 Å². The molecule has 1 aromatic heterocycles. The largest absolute Gasteiger partial charge is 0.350 e. The molecular weight excluding hydrogens is 171 g/mol. The van der Waals surface area contributed by atoms with Gasteiger partial charge in [0, 0.05) is 12.2 Å². The second-order valence-corrected chi connectivity index (χ2v) is 2.97. The van der Waals surface area contributed by atoms with Gasteiger partial charge in [-0.3, -0.25) is 4.79 Å². The number of pyridine rings is 1. The average Bonchev–Trinajstić information content (AvgIpc) is 2.03. The van der Waals surface area contributed by atoms with Crippen molar-refractivity contribution in [3.8, 4) is 0 Å². The predicted octanol–water partition coefficient (Wildman–Crippen LogP) is 1.36. The lowest BCUT2D eigenvalue weighted by molar-refractivity contribution is 0.0938. The zero-order valence-corrected chi connectivity index (χ0v) is 7.54. The van der Waals surface area contributed by atoms with Gasteiger partial charge >= 0.3 is 0 Å². The number of aromatic nitrogens is 1. The van der Waals surface area contributed by atoms with Crippen molar-refractivity contribution in [3.63, 3.8) is 0 Å². The van der Waals surface area contributed by atoms with E-state index in [4.69, 9.17) is 0 Å². The van der Waals surface area contributed by atoms with Gasteiger partial charge in [0.15, 0.2) is 0 Å². The summed E-state index contributed by atoms with van der Waals surface area (Å²) >= 11 is 0. The Labute approximate surface area is 76.0 Å². The summed E-state index contributed by atoms with van der Waals surface area (Å²) in [6.45, 7) is 3.62. The van der Waals surface area contributed by atoms with Crippen molar-refractivity contribution < 1.29 is 9.18 Å². The summed E-state index contributed by atoms with van der Waals surface area (Å²) in [5, 5.41) is 2.58. The highest BCUT2D eigenvalue weighted by Crippen LogP contribution is 2.02. The van der Waals surface area contributed by atoms with Gasteiger partial charge < -0.3 is 5.32 Å². The number of carbonyl (C=O) groups excluding carboxylic acids is 1. The number of nitrogens with one attached hydrogen (secondary N) is 1. The van der Waals surface area contributed by atoms with Crippen molar-refractivity contribution in [2.45, 2.75) is 19.9 Å². The topological polar surface area (TPSA) is 42.0 Å². The van der Waals surface area contributed by atoms with E-state index < -0.39 is 11.9 Å². The molecule has 0 aliphatic rings. The van der Waals surface area contributed by atoms with E-state index >= 15 is 0 Å². The molecule has 0 unspecified atom stereocenters. The summed E-state index contributed by atoms with van der Waals surface area (Å²) in [5.74, 6) is -1.17. The van der Waals surface area contributed by atoms with Crippen LogP contribution < -0.4 is 5.32 Å². The van der Waals surface area contributed by atoms with Crippen LogP contribution >= 0.6 is 0 Å². The highest BCUT2D eigenvalue weighted by atomic mass is 19.1. The molecule has 0 aliphatic carbocycles. The van der Waals surface area contributed by atoms with E-state index in [0.717, 1.165) is 0 Å². The molecule has 4 heteroatoms. The molecule has 1 N–H and O–H groups in total. The summed E-state index contributed by atoms with van der Waals surface area (Å²) in [6, 6.07) is 2.92. The van der Waals surface area contributed by atoms with Crippen molar-refractivity contribution in [1.82, 2.24) is 10.3 Å². The molecule has 0 radical (unpaired) electrons. The summed E-state index contributed by atoms with van der Waals surface area (Å²) in [6.07, 6.45) is 1.31. The van der Waals surface area contributed by atoms with Crippen LogP contribution in [0.1, 0.15) is 24.2 Å². The maximum Gasteiger partial charge on any atom is 0.256 e. The van der Waals surface area contributed by atoms with Crippen molar-refractivity contribution in [2.24, 2.45) is 0 Å². The molecule has 1 amide bonds. The number of nitrogens with zero attached hydrogens (tertiary/aromatic N) is 1. The lowest BCUT2D eigenvalue weighted by Crippen LogP contribution is -2.30. The van der Waals surface area contributed by atoms with E-state index in [-0.39, 0.29) is 11.6 Å². The van der Waals surface area contributed by atoms with Gasteiger partial charge in [-0.05, 0) is 26.0 Å². The Balaban J connectivity index is 2.83. The standard InChI is InChI=1S/C9H11FN2O/c1-6(2)12-9(13)7-4-3-5-11-8(7)10/h3-6H,1-2H3,(H,12,13). The molecule has 1 rings (SSSR count). The molecule has 0 aromatic carbocycles. The van der Waals surface area contributed by atoms with Gasteiger partial charge in [0.1, 0.15) is 0 Å². The average molecular weight is 182 g/mol. The van der Waals surface area contributed by atoms with E-state index in [1.54, 1.807) is 0 Å². The summed E-state index contributed by atoms with van der Waals surface area (Å²) < 4.78 is 12.9. The first-order valence-corrected chi connectivity index (χ1v) is 4.02. The molecule has 13 heavy (non-hydrogen) atoms. The van der Waals surface area contributed by atoms with Gasteiger partial charge in [-0.2, -0.15) is 4.39 Å². The maximum atomic E-state index is 12.9. The Morgan fingerprint density at radius 2 is 2.31 bits per heavy atom. The molecular formula is C9H11FN2O. The molecule has 0 saturated heterocycles. The van der Waals surface area contributed by atoms with Crippen LogP contribution in [0.5, 0.6) is 0 Å². The van der Waals surface area contributed by atoms with Gasteiger partial charge in [0.25, 0.3) is 5.91 Å². The van der Waals surface area contributed by atoms with E-state index in [1.165, 1.54) is 18.3 Å². The Morgan fingerprint density at radius 1 is 1.62 bits per heavy atom. The van der Waals surface area contributed by atoms with Crippen LogP contribution in [0.2, 0.25) is 0 Å². The lowest BCUT2D eigenvalue weighted by Gasteiger charge is -2.07. The van der Waals surface area contributed by atoms with Crippen LogP contribution in [0.4, 0.5) is 4.39 Å². The van der Waals surface area contributed by atoms with Crippen LogP contribution in [-0.2, 0) is 0 Å². The first kappa shape index (κ1) is 9.64. The third-order valence-corrected chi connectivity index (χ3v) is 1.42. The zero-order valence-electron chi connectivity index (χ0n) is 7.54. The quantitative estimate of drug-likeness (QED) is 0.701. The molecule has 0 spiro atoms. The molecule has 0 bridgehead atoms. The monoisotopic (exact) mass is 182 g/mol. The Bertz CT molecular complexity index is 312. The third-order valence-electron chi connectivity index (χ3n) is 1.42. The normalized spacial score (nSPS) is 10.2. The summed E-state index contributed by atoms with van der Waals surface area (Å²) in [5.41, 5.74) is -0.0174. The SMILES string of the molecule is CC(C)NC(=O)c1cccnc1F. The third kappa shape index (κ3) is 2.50. The minimum atomic E-state index is -0.736. The van der Waals surface area contributed by atoms with Crippen molar-refractivity contribution in [2.75, 3.05) is 0 Å². The first-order valence-electron chi connectivity index (χ1n) is 4.02. The van der Waals surface area contributed by atoms with Gasteiger partial charge in [-0.15, -0.1) is 0 Å². The number of halogens is 1. The number of amides is 1. The molecule has 1 aromatic rings. The summed E-state index contributed by atoms with van der Waals surface area (Å²) in [7, 11) is 0. The Hall–Kier alpha value is -1.45. The Kier molecular flexibility index (Phi) is 2.95. The van der Waals surface area contributed by atoms with Gasteiger partial charge in [0.05, 0.1) is 5.56 Å². The van der Waals surface area contributed by atoms with Crippen LogP contribution in [0.3, 0.4) is 0 Å². The number of hydrogen-bond acceptors (Lipinski definition) is 2. The second kappa shape index (κ2) is 3.98. The van der Waals surface area contributed by atoms with Crippen LogP contribution in [0, 0.1) is 5.95 Å². The van der Waals surface area contributed by atoms with Crippen molar-refractivity contribution in [3.05, 3.63) is 29.8 Å². The van der Waals surface area contributed by atoms with Crippen molar-refractivity contribution in [1.29, 1.82) is 0 Å². The van der Waals surface area contributed by atoms with Gasteiger partial charge in [-0.1, -0.05) is 0 Å².